The van der Waals surface area contributed by atoms with Gasteiger partial charge in [0.2, 0.25) is 0 Å². The van der Waals surface area contributed by atoms with E-state index in [2.05, 4.69) is 10.4 Å². The van der Waals surface area contributed by atoms with Crippen LogP contribution in [0.4, 0.5) is 5.69 Å². The van der Waals surface area contributed by atoms with Crippen LogP contribution in [-0.4, -0.2) is 16.8 Å². The SMILES string of the molecule is CNc1ccccc1-n1nc(C)cc(C)c1=O. The van der Waals surface area contributed by atoms with Crippen molar-refractivity contribution in [3.8, 4) is 5.69 Å². The minimum absolute atomic E-state index is 0.0849. The molecule has 17 heavy (non-hydrogen) atoms. The summed E-state index contributed by atoms with van der Waals surface area (Å²) in [5.74, 6) is 0. The smallest absolute Gasteiger partial charge is 0.274 e. The van der Waals surface area contributed by atoms with Gasteiger partial charge in [-0.05, 0) is 32.0 Å². The lowest BCUT2D eigenvalue weighted by Crippen LogP contribution is -2.24. The second-order valence-corrected chi connectivity index (χ2v) is 3.95. The standard InChI is InChI=1S/C13H15N3O/c1-9-8-10(2)15-16(13(9)17)12-7-5-4-6-11(12)14-3/h4-8,14H,1-3H3. The molecule has 1 N–H and O–H groups in total. The quantitative estimate of drug-likeness (QED) is 0.855. The van der Waals surface area contributed by atoms with Gasteiger partial charge in [0.25, 0.3) is 5.56 Å². The molecule has 0 saturated heterocycles. The van der Waals surface area contributed by atoms with Crippen LogP contribution in [0.5, 0.6) is 0 Å². The minimum Gasteiger partial charge on any atom is -0.386 e. The Labute approximate surface area is 99.9 Å². The van der Waals surface area contributed by atoms with Gasteiger partial charge in [-0.1, -0.05) is 12.1 Å². The third kappa shape index (κ3) is 2.06. The Bertz CT molecular complexity index is 602. The molecule has 0 fully saturated rings. The minimum atomic E-state index is -0.0849. The van der Waals surface area contributed by atoms with Gasteiger partial charge in [-0.3, -0.25) is 4.79 Å². The zero-order valence-electron chi connectivity index (χ0n) is 10.2. The number of aromatic nitrogens is 2. The molecule has 0 amide bonds. The molecule has 1 heterocycles. The molecule has 0 bridgehead atoms. The number of benzene rings is 1. The Balaban J connectivity index is 2.72. The van der Waals surface area contributed by atoms with E-state index < -0.39 is 0 Å². The molecule has 0 radical (unpaired) electrons. The normalized spacial score (nSPS) is 10.3. The Morgan fingerprint density at radius 2 is 1.94 bits per heavy atom. The van der Waals surface area contributed by atoms with Crippen molar-refractivity contribution in [2.45, 2.75) is 13.8 Å². The molecule has 2 aromatic rings. The van der Waals surface area contributed by atoms with Gasteiger partial charge < -0.3 is 5.32 Å². The van der Waals surface area contributed by atoms with E-state index in [0.29, 0.717) is 5.56 Å². The lowest BCUT2D eigenvalue weighted by Gasteiger charge is -2.11. The third-order valence-corrected chi connectivity index (χ3v) is 2.61. The molecule has 0 aliphatic carbocycles. The van der Waals surface area contributed by atoms with Crippen molar-refractivity contribution in [2.24, 2.45) is 0 Å². The fourth-order valence-electron chi connectivity index (χ4n) is 1.81. The molecular weight excluding hydrogens is 214 g/mol. The van der Waals surface area contributed by atoms with Gasteiger partial charge >= 0.3 is 0 Å². The maximum atomic E-state index is 12.1. The maximum Gasteiger partial charge on any atom is 0.274 e. The average Bonchev–Trinajstić information content (AvgIpc) is 2.33. The van der Waals surface area contributed by atoms with E-state index in [1.165, 1.54) is 4.68 Å². The van der Waals surface area contributed by atoms with E-state index in [1.54, 1.807) is 13.0 Å². The zero-order valence-corrected chi connectivity index (χ0v) is 10.2. The number of para-hydroxylation sites is 2. The number of hydrogen-bond acceptors (Lipinski definition) is 3. The van der Waals surface area contributed by atoms with Gasteiger partial charge in [-0.25, -0.2) is 0 Å². The van der Waals surface area contributed by atoms with Crippen molar-refractivity contribution < 1.29 is 0 Å². The molecule has 2 rings (SSSR count). The monoisotopic (exact) mass is 229 g/mol. The fraction of sp³-hybridized carbons (Fsp3) is 0.231. The van der Waals surface area contributed by atoms with E-state index in [1.807, 2.05) is 38.2 Å². The number of nitrogens with one attached hydrogen (secondary N) is 1. The summed E-state index contributed by atoms with van der Waals surface area (Å²) in [6.45, 7) is 3.68. The number of nitrogens with zero attached hydrogens (tertiary/aromatic N) is 2. The first-order chi connectivity index (χ1) is 8.13. The predicted molar refractivity (Wildman–Crippen MR) is 68.9 cm³/mol. The van der Waals surface area contributed by atoms with Crippen LogP contribution in [0.15, 0.2) is 35.1 Å². The Kier molecular flexibility index (Phi) is 2.95. The summed E-state index contributed by atoms with van der Waals surface area (Å²) in [6, 6.07) is 9.39. The highest BCUT2D eigenvalue weighted by Crippen LogP contribution is 2.16. The van der Waals surface area contributed by atoms with Gasteiger partial charge in [0, 0.05) is 12.6 Å². The molecule has 1 aromatic heterocycles. The van der Waals surface area contributed by atoms with Crippen LogP contribution in [0, 0.1) is 13.8 Å². The Hall–Kier alpha value is -2.10. The molecular formula is C13H15N3O. The van der Waals surface area contributed by atoms with Gasteiger partial charge in [0.15, 0.2) is 0 Å². The van der Waals surface area contributed by atoms with Crippen molar-refractivity contribution in [1.29, 1.82) is 0 Å². The molecule has 0 aliphatic rings. The summed E-state index contributed by atoms with van der Waals surface area (Å²) in [6.07, 6.45) is 0. The fourth-order valence-corrected chi connectivity index (χ4v) is 1.81. The maximum absolute atomic E-state index is 12.1. The summed E-state index contributed by atoms with van der Waals surface area (Å²) in [5, 5.41) is 7.34. The van der Waals surface area contributed by atoms with Gasteiger partial charge in [0.05, 0.1) is 17.1 Å². The van der Waals surface area contributed by atoms with Crippen molar-refractivity contribution in [3.05, 3.63) is 51.9 Å². The second-order valence-electron chi connectivity index (χ2n) is 3.95. The largest absolute Gasteiger partial charge is 0.386 e. The topological polar surface area (TPSA) is 46.9 Å². The van der Waals surface area contributed by atoms with Gasteiger partial charge in [-0.15, -0.1) is 0 Å². The second kappa shape index (κ2) is 4.41. The van der Waals surface area contributed by atoms with Crippen LogP contribution in [-0.2, 0) is 0 Å². The van der Waals surface area contributed by atoms with E-state index >= 15 is 0 Å². The van der Waals surface area contributed by atoms with Crippen molar-refractivity contribution in [2.75, 3.05) is 12.4 Å². The molecule has 4 nitrogen and oxygen atoms in total. The lowest BCUT2D eigenvalue weighted by molar-refractivity contribution is 0.777. The van der Waals surface area contributed by atoms with Crippen molar-refractivity contribution in [1.82, 2.24) is 9.78 Å². The molecule has 0 saturated carbocycles. The first kappa shape index (κ1) is 11.4. The zero-order chi connectivity index (χ0) is 12.4. The van der Waals surface area contributed by atoms with E-state index in [9.17, 15) is 4.79 Å². The van der Waals surface area contributed by atoms with Gasteiger partial charge in [0.1, 0.15) is 0 Å². The van der Waals surface area contributed by atoms with Crippen LogP contribution in [0.3, 0.4) is 0 Å². The molecule has 0 unspecified atom stereocenters. The number of anilines is 1. The first-order valence-corrected chi connectivity index (χ1v) is 5.48. The molecule has 0 atom stereocenters. The van der Waals surface area contributed by atoms with Crippen molar-refractivity contribution >= 4 is 5.69 Å². The molecule has 88 valence electrons. The number of aryl methyl sites for hydroxylation is 2. The number of rotatable bonds is 2. The summed E-state index contributed by atoms with van der Waals surface area (Å²) in [7, 11) is 1.83. The van der Waals surface area contributed by atoms with Crippen LogP contribution < -0.4 is 10.9 Å². The molecule has 4 heteroatoms. The van der Waals surface area contributed by atoms with Crippen LogP contribution in [0.25, 0.3) is 5.69 Å². The van der Waals surface area contributed by atoms with Crippen molar-refractivity contribution in [3.63, 3.8) is 0 Å². The predicted octanol–water partition coefficient (Wildman–Crippen LogP) is 1.89. The Morgan fingerprint density at radius 1 is 1.24 bits per heavy atom. The van der Waals surface area contributed by atoms with E-state index in [0.717, 1.165) is 17.1 Å². The number of hydrogen-bond donors (Lipinski definition) is 1. The Morgan fingerprint density at radius 3 is 2.65 bits per heavy atom. The van der Waals surface area contributed by atoms with E-state index in [-0.39, 0.29) is 5.56 Å². The molecule has 0 spiro atoms. The summed E-state index contributed by atoms with van der Waals surface area (Å²) in [4.78, 5) is 12.1. The molecule has 0 aliphatic heterocycles. The molecule has 1 aromatic carbocycles. The van der Waals surface area contributed by atoms with Gasteiger partial charge in [-0.2, -0.15) is 9.78 Å². The highest BCUT2D eigenvalue weighted by molar-refractivity contribution is 5.60. The third-order valence-electron chi connectivity index (χ3n) is 2.61. The average molecular weight is 229 g/mol. The van der Waals surface area contributed by atoms with Crippen LogP contribution in [0.2, 0.25) is 0 Å². The van der Waals surface area contributed by atoms with Crippen LogP contribution >= 0.6 is 0 Å². The highest BCUT2D eigenvalue weighted by Gasteiger charge is 2.08. The summed E-state index contributed by atoms with van der Waals surface area (Å²) < 4.78 is 1.44. The highest BCUT2D eigenvalue weighted by atomic mass is 16.1. The summed E-state index contributed by atoms with van der Waals surface area (Å²) >= 11 is 0. The van der Waals surface area contributed by atoms with E-state index in [4.69, 9.17) is 0 Å². The lowest BCUT2D eigenvalue weighted by atomic mass is 10.2. The first-order valence-electron chi connectivity index (χ1n) is 5.48. The summed E-state index contributed by atoms with van der Waals surface area (Å²) in [5.41, 5.74) is 3.09. The van der Waals surface area contributed by atoms with Crippen LogP contribution in [0.1, 0.15) is 11.3 Å².